The largest absolute Gasteiger partial charge is 0.492 e. The van der Waals surface area contributed by atoms with E-state index in [1.165, 1.54) is 0 Å². The van der Waals surface area contributed by atoms with Crippen LogP contribution < -0.4 is 10.5 Å². The summed E-state index contributed by atoms with van der Waals surface area (Å²) in [5.74, 6) is 0.820. The minimum atomic E-state index is 0.574. The predicted octanol–water partition coefficient (Wildman–Crippen LogP) is 3.14. The molecule has 4 heteroatoms. The second-order valence-corrected chi connectivity index (χ2v) is 4.96. The van der Waals surface area contributed by atoms with Gasteiger partial charge >= 0.3 is 0 Å². The van der Waals surface area contributed by atoms with Crippen LogP contribution in [0.5, 0.6) is 5.75 Å². The van der Waals surface area contributed by atoms with Gasteiger partial charge in [0.2, 0.25) is 0 Å². The van der Waals surface area contributed by atoms with E-state index >= 15 is 0 Å². The molecule has 0 bridgehead atoms. The van der Waals surface area contributed by atoms with E-state index in [1.807, 2.05) is 49.4 Å². The summed E-state index contributed by atoms with van der Waals surface area (Å²) in [4.78, 5) is 8.79. The van der Waals surface area contributed by atoms with Crippen LogP contribution in [0.25, 0.3) is 10.9 Å². The topological polar surface area (TPSA) is 61.0 Å². The zero-order valence-corrected chi connectivity index (χ0v) is 11.9. The highest BCUT2D eigenvalue weighted by Gasteiger charge is 2.06. The molecular weight excluding hydrogens is 262 g/mol. The highest BCUT2D eigenvalue weighted by molar-refractivity contribution is 5.87. The van der Waals surface area contributed by atoms with E-state index in [-0.39, 0.29) is 0 Å². The Morgan fingerprint density at radius 1 is 1.14 bits per heavy atom. The van der Waals surface area contributed by atoms with Crippen molar-refractivity contribution in [3.05, 3.63) is 60.0 Å². The van der Waals surface area contributed by atoms with Gasteiger partial charge in [-0.2, -0.15) is 0 Å². The Kier molecular flexibility index (Phi) is 3.69. The minimum Gasteiger partial charge on any atom is -0.492 e. The lowest BCUT2D eigenvalue weighted by molar-refractivity contribution is 0.324. The van der Waals surface area contributed by atoms with Crippen molar-refractivity contribution in [1.29, 1.82) is 0 Å². The van der Waals surface area contributed by atoms with Crippen molar-refractivity contribution in [2.45, 2.75) is 13.3 Å². The van der Waals surface area contributed by atoms with Crippen LogP contribution in [-0.2, 0) is 6.42 Å². The Morgan fingerprint density at radius 3 is 2.86 bits per heavy atom. The first-order valence-corrected chi connectivity index (χ1v) is 6.92. The lowest BCUT2D eigenvalue weighted by Crippen LogP contribution is -2.04. The molecule has 0 aliphatic carbocycles. The van der Waals surface area contributed by atoms with Crippen LogP contribution in [0.15, 0.2) is 48.7 Å². The molecule has 2 aromatic heterocycles. The van der Waals surface area contributed by atoms with Gasteiger partial charge in [-0.25, -0.2) is 0 Å². The van der Waals surface area contributed by atoms with E-state index in [9.17, 15) is 0 Å². The van der Waals surface area contributed by atoms with Crippen LogP contribution >= 0.6 is 0 Å². The van der Waals surface area contributed by atoms with E-state index in [0.717, 1.165) is 34.5 Å². The second-order valence-electron chi connectivity index (χ2n) is 4.96. The van der Waals surface area contributed by atoms with E-state index in [4.69, 9.17) is 10.5 Å². The van der Waals surface area contributed by atoms with Crippen molar-refractivity contribution < 1.29 is 4.74 Å². The molecule has 0 atom stereocenters. The van der Waals surface area contributed by atoms with Gasteiger partial charge in [-0.1, -0.05) is 6.07 Å². The summed E-state index contributed by atoms with van der Waals surface area (Å²) in [6.45, 7) is 2.53. The maximum absolute atomic E-state index is 5.92. The predicted molar refractivity (Wildman–Crippen MR) is 84.3 cm³/mol. The van der Waals surface area contributed by atoms with Crippen molar-refractivity contribution >= 4 is 16.6 Å². The third-order valence-corrected chi connectivity index (χ3v) is 3.26. The Balaban J connectivity index is 1.81. The quantitative estimate of drug-likeness (QED) is 0.745. The molecule has 0 saturated heterocycles. The Bertz CT molecular complexity index is 757. The fraction of sp³-hybridized carbons (Fsp3) is 0.176. The van der Waals surface area contributed by atoms with Gasteiger partial charge in [-0.3, -0.25) is 9.97 Å². The number of hydrogen-bond donors (Lipinski definition) is 1. The minimum absolute atomic E-state index is 0.574. The van der Waals surface area contributed by atoms with Crippen LogP contribution in [-0.4, -0.2) is 16.6 Å². The summed E-state index contributed by atoms with van der Waals surface area (Å²) in [5, 5.41) is 0.946. The summed E-state index contributed by atoms with van der Waals surface area (Å²) in [6.07, 6.45) is 2.56. The molecule has 21 heavy (non-hydrogen) atoms. The standard InChI is InChI=1S/C17H17N3O/c1-12-10-17(15-11-13(18)5-6-16(15)20-12)21-9-7-14-4-2-3-8-19-14/h2-6,8,10-11H,7,9,18H2,1H3. The van der Waals surface area contributed by atoms with Gasteiger partial charge in [-0.05, 0) is 37.3 Å². The average Bonchev–Trinajstić information content (AvgIpc) is 2.49. The number of nitrogens with zero attached hydrogens (tertiary/aromatic N) is 2. The molecular formula is C17H17N3O. The summed E-state index contributed by atoms with van der Waals surface area (Å²) < 4.78 is 5.92. The summed E-state index contributed by atoms with van der Waals surface area (Å²) in [7, 11) is 0. The summed E-state index contributed by atoms with van der Waals surface area (Å²) in [5.41, 5.74) is 9.42. The van der Waals surface area contributed by atoms with Gasteiger partial charge in [0.1, 0.15) is 5.75 Å². The molecule has 0 saturated carbocycles. The van der Waals surface area contributed by atoms with Crippen molar-refractivity contribution in [2.24, 2.45) is 0 Å². The lowest BCUT2D eigenvalue weighted by atomic mass is 10.1. The smallest absolute Gasteiger partial charge is 0.130 e. The Hall–Kier alpha value is -2.62. The number of ether oxygens (including phenoxy) is 1. The van der Waals surface area contributed by atoms with Crippen LogP contribution in [0, 0.1) is 6.92 Å². The van der Waals surface area contributed by atoms with Gasteiger partial charge in [0.15, 0.2) is 0 Å². The van der Waals surface area contributed by atoms with E-state index in [2.05, 4.69) is 9.97 Å². The third-order valence-electron chi connectivity index (χ3n) is 3.26. The number of aromatic nitrogens is 2. The van der Waals surface area contributed by atoms with E-state index in [0.29, 0.717) is 12.3 Å². The zero-order valence-electron chi connectivity index (χ0n) is 11.9. The Morgan fingerprint density at radius 2 is 2.05 bits per heavy atom. The van der Waals surface area contributed by atoms with Gasteiger partial charge in [0.25, 0.3) is 0 Å². The molecule has 0 unspecified atom stereocenters. The van der Waals surface area contributed by atoms with Crippen molar-refractivity contribution in [1.82, 2.24) is 9.97 Å². The van der Waals surface area contributed by atoms with Gasteiger partial charge in [-0.15, -0.1) is 0 Å². The fourth-order valence-electron chi connectivity index (χ4n) is 2.27. The van der Waals surface area contributed by atoms with Crippen LogP contribution in [0.1, 0.15) is 11.4 Å². The van der Waals surface area contributed by atoms with Crippen LogP contribution in [0.2, 0.25) is 0 Å². The van der Waals surface area contributed by atoms with Gasteiger partial charge in [0, 0.05) is 41.1 Å². The first-order valence-electron chi connectivity index (χ1n) is 6.92. The number of hydrogen-bond acceptors (Lipinski definition) is 4. The van der Waals surface area contributed by atoms with Gasteiger partial charge < -0.3 is 10.5 Å². The molecule has 3 aromatic rings. The lowest BCUT2D eigenvalue weighted by Gasteiger charge is -2.10. The molecule has 0 radical (unpaired) electrons. The monoisotopic (exact) mass is 279 g/mol. The molecule has 0 amide bonds. The van der Waals surface area contributed by atoms with Crippen molar-refractivity contribution in [3.8, 4) is 5.75 Å². The average molecular weight is 279 g/mol. The zero-order chi connectivity index (χ0) is 14.7. The van der Waals surface area contributed by atoms with Gasteiger partial charge in [0.05, 0.1) is 12.1 Å². The fourth-order valence-corrected chi connectivity index (χ4v) is 2.27. The van der Waals surface area contributed by atoms with E-state index in [1.54, 1.807) is 6.20 Å². The molecule has 1 aromatic carbocycles. The highest BCUT2D eigenvalue weighted by atomic mass is 16.5. The van der Waals surface area contributed by atoms with Crippen molar-refractivity contribution in [2.75, 3.05) is 12.3 Å². The molecule has 0 aliphatic heterocycles. The highest BCUT2D eigenvalue weighted by Crippen LogP contribution is 2.27. The van der Waals surface area contributed by atoms with E-state index < -0.39 is 0 Å². The molecule has 2 heterocycles. The molecule has 0 fully saturated rings. The molecule has 3 rings (SSSR count). The number of nitrogen functional groups attached to an aromatic ring is 1. The number of aryl methyl sites for hydroxylation is 1. The first-order chi connectivity index (χ1) is 10.2. The molecule has 2 N–H and O–H groups in total. The van der Waals surface area contributed by atoms with Crippen molar-refractivity contribution in [3.63, 3.8) is 0 Å². The number of pyridine rings is 2. The number of nitrogens with two attached hydrogens (primary N) is 1. The van der Waals surface area contributed by atoms with Crippen LogP contribution in [0.4, 0.5) is 5.69 Å². The maximum Gasteiger partial charge on any atom is 0.130 e. The number of fused-ring (bicyclic) bond motifs is 1. The number of rotatable bonds is 4. The third kappa shape index (κ3) is 3.11. The molecule has 0 aliphatic rings. The molecule has 106 valence electrons. The SMILES string of the molecule is Cc1cc(OCCc2ccccn2)c2cc(N)ccc2n1. The number of anilines is 1. The summed E-state index contributed by atoms with van der Waals surface area (Å²) >= 11 is 0. The first kappa shape index (κ1) is 13.4. The maximum atomic E-state index is 5.92. The van der Waals surface area contributed by atoms with Crippen LogP contribution in [0.3, 0.4) is 0 Å². The Labute approximate surface area is 123 Å². The molecule has 4 nitrogen and oxygen atoms in total. The normalized spacial score (nSPS) is 10.7. The second kappa shape index (κ2) is 5.79. The number of benzene rings is 1. The molecule has 0 spiro atoms. The summed E-state index contributed by atoms with van der Waals surface area (Å²) in [6, 6.07) is 13.5.